The summed E-state index contributed by atoms with van der Waals surface area (Å²) in [5.41, 5.74) is 0.178. The molecule has 1 aromatic heterocycles. The zero-order valence-corrected chi connectivity index (χ0v) is 13.1. The van der Waals surface area contributed by atoms with E-state index in [2.05, 4.69) is 32.6 Å². The van der Waals surface area contributed by atoms with E-state index in [0.29, 0.717) is 18.9 Å². The van der Waals surface area contributed by atoms with Gasteiger partial charge >= 0.3 is 0 Å². The third kappa shape index (κ3) is 3.62. The van der Waals surface area contributed by atoms with E-state index in [1.54, 1.807) is 11.3 Å². The molecule has 3 nitrogen and oxygen atoms in total. The van der Waals surface area contributed by atoms with Gasteiger partial charge in [-0.3, -0.25) is 4.79 Å². The van der Waals surface area contributed by atoms with Gasteiger partial charge in [-0.05, 0) is 23.5 Å². The van der Waals surface area contributed by atoms with Gasteiger partial charge in [-0.15, -0.1) is 11.3 Å². The number of carbonyl (C=O) groups is 1. The molecule has 1 aliphatic heterocycles. The van der Waals surface area contributed by atoms with Crippen molar-refractivity contribution in [2.24, 2.45) is 11.3 Å². The molecule has 4 heteroatoms. The Hall–Kier alpha value is -1.31. The van der Waals surface area contributed by atoms with E-state index in [9.17, 15) is 4.79 Å². The van der Waals surface area contributed by atoms with Crippen molar-refractivity contribution in [1.82, 2.24) is 4.90 Å². The molecule has 1 unspecified atom stereocenters. The smallest absolute Gasteiger partial charge is 0.223 e. The molecule has 1 aromatic rings. The first-order valence-corrected chi connectivity index (χ1v) is 7.68. The number of nitrogens with zero attached hydrogens (tertiary/aromatic N) is 1. The lowest BCUT2D eigenvalue weighted by molar-refractivity contribution is -0.128. The highest BCUT2D eigenvalue weighted by atomic mass is 32.1. The summed E-state index contributed by atoms with van der Waals surface area (Å²) in [6, 6.07) is 3.97. The van der Waals surface area contributed by atoms with Gasteiger partial charge in [-0.25, -0.2) is 0 Å². The van der Waals surface area contributed by atoms with Crippen LogP contribution in [0.4, 0.5) is 0 Å². The Labute approximate surface area is 124 Å². The summed E-state index contributed by atoms with van der Waals surface area (Å²) >= 11 is 1.59. The number of likely N-dealkylation sites (tertiary alicyclic amines) is 1. The van der Waals surface area contributed by atoms with Gasteiger partial charge in [0.25, 0.3) is 0 Å². The number of aliphatic hydroxyl groups excluding tert-OH is 1. The Morgan fingerprint density at radius 3 is 2.80 bits per heavy atom. The van der Waals surface area contributed by atoms with E-state index < -0.39 is 0 Å². The molecule has 1 N–H and O–H groups in total. The predicted octanol–water partition coefficient (Wildman–Crippen LogP) is 2.49. The van der Waals surface area contributed by atoms with Gasteiger partial charge in [-0.2, -0.15) is 0 Å². The summed E-state index contributed by atoms with van der Waals surface area (Å²) in [5.74, 6) is 6.23. The summed E-state index contributed by atoms with van der Waals surface area (Å²) in [5, 5.41) is 8.68. The molecule has 20 heavy (non-hydrogen) atoms. The number of carbonyl (C=O) groups excluding carboxylic acids is 1. The van der Waals surface area contributed by atoms with Crippen LogP contribution < -0.4 is 0 Å². The number of rotatable bonds is 2. The quantitative estimate of drug-likeness (QED) is 0.851. The van der Waals surface area contributed by atoms with E-state index in [-0.39, 0.29) is 17.9 Å². The maximum atomic E-state index is 12.1. The molecule has 0 bridgehead atoms. The SMILES string of the molecule is CC(C)(C)C1CC(=O)N(Cc2ccc(C#CCO)s2)C1. The van der Waals surface area contributed by atoms with Gasteiger partial charge in [0, 0.05) is 17.8 Å². The largest absolute Gasteiger partial charge is 0.384 e. The van der Waals surface area contributed by atoms with Crippen LogP contribution in [0.5, 0.6) is 0 Å². The normalized spacial score (nSPS) is 19.1. The van der Waals surface area contributed by atoms with Crippen LogP contribution in [0.3, 0.4) is 0 Å². The summed E-state index contributed by atoms with van der Waals surface area (Å²) in [7, 11) is 0. The average molecular weight is 291 g/mol. The molecule has 108 valence electrons. The molecule has 2 rings (SSSR count). The van der Waals surface area contributed by atoms with Crippen LogP contribution in [0.2, 0.25) is 0 Å². The lowest BCUT2D eigenvalue weighted by Gasteiger charge is -2.26. The molecule has 1 aliphatic rings. The Balaban J connectivity index is 2.00. The third-order valence-electron chi connectivity index (χ3n) is 3.74. The van der Waals surface area contributed by atoms with E-state index in [1.807, 2.05) is 17.0 Å². The first kappa shape index (κ1) is 15.1. The highest BCUT2D eigenvalue weighted by molar-refractivity contribution is 7.12. The molecule has 0 aliphatic carbocycles. The van der Waals surface area contributed by atoms with Crippen molar-refractivity contribution in [3.63, 3.8) is 0 Å². The summed E-state index contributed by atoms with van der Waals surface area (Å²) in [6.45, 7) is 7.99. The molecule has 1 fully saturated rings. The van der Waals surface area contributed by atoms with Crippen LogP contribution >= 0.6 is 11.3 Å². The van der Waals surface area contributed by atoms with Crippen molar-refractivity contribution in [3.05, 3.63) is 21.9 Å². The van der Waals surface area contributed by atoms with Crippen molar-refractivity contribution >= 4 is 17.2 Å². The van der Waals surface area contributed by atoms with Gasteiger partial charge < -0.3 is 10.0 Å². The van der Waals surface area contributed by atoms with Crippen LogP contribution in [0.25, 0.3) is 0 Å². The number of hydrogen-bond acceptors (Lipinski definition) is 3. The maximum Gasteiger partial charge on any atom is 0.223 e. The molecule has 0 spiro atoms. The molecule has 1 atom stereocenters. The topological polar surface area (TPSA) is 40.5 Å². The van der Waals surface area contributed by atoms with Gasteiger partial charge in [0.15, 0.2) is 0 Å². The fourth-order valence-corrected chi connectivity index (χ4v) is 3.25. The second kappa shape index (κ2) is 5.99. The fraction of sp³-hybridized carbons (Fsp3) is 0.562. The number of aliphatic hydroxyl groups is 1. The number of thiophene rings is 1. The molecule has 0 radical (unpaired) electrons. The zero-order chi connectivity index (χ0) is 14.8. The van der Waals surface area contributed by atoms with Crippen molar-refractivity contribution in [2.75, 3.05) is 13.2 Å². The minimum absolute atomic E-state index is 0.120. The van der Waals surface area contributed by atoms with Crippen molar-refractivity contribution in [3.8, 4) is 11.8 Å². The first-order chi connectivity index (χ1) is 9.40. The van der Waals surface area contributed by atoms with E-state index in [4.69, 9.17) is 5.11 Å². The molecule has 0 saturated carbocycles. The molecule has 0 aromatic carbocycles. The van der Waals surface area contributed by atoms with Crippen LogP contribution in [0, 0.1) is 23.2 Å². The van der Waals surface area contributed by atoms with Crippen LogP contribution in [0.15, 0.2) is 12.1 Å². The third-order valence-corrected chi connectivity index (χ3v) is 4.72. The summed E-state index contributed by atoms with van der Waals surface area (Å²) in [4.78, 5) is 16.1. The Bertz CT molecular complexity index is 545. The van der Waals surface area contributed by atoms with Gasteiger partial charge in [-0.1, -0.05) is 32.6 Å². The molecular weight excluding hydrogens is 270 g/mol. The summed E-state index contributed by atoms with van der Waals surface area (Å²) in [6.07, 6.45) is 0.659. The monoisotopic (exact) mass is 291 g/mol. The van der Waals surface area contributed by atoms with Gasteiger partial charge in [0.1, 0.15) is 6.61 Å². The Morgan fingerprint density at radius 2 is 2.20 bits per heavy atom. The van der Waals surface area contributed by atoms with E-state index >= 15 is 0 Å². The average Bonchev–Trinajstić information content (AvgIpc) is 2.95. The standard InChI is InChI=1S/C16H21NO2S/c1-16(2,3)12-9-15(19)17(10-12)11-14-7-6-13(20-14)5-4-8-18/h6-7,12,18H,8-11H2,1-3H3. The highest BCUT2D eigenvalue weighted by Crippen LogP contribution is 2.35. The van der Waals surface area contributed by atoms with Crippen LogP contribution in [-0.4, -0.2) is 29.1 Å². The van der Waals surface area contributed by atoms with E-state index in [1.165, 1.54) is 0 Å². The number of hydrogen-bond donors (Lipinski definition) is 1. The predicted molar refractivity (Wildman–Crippen MR) is 81.3 cm³/mol. The van der Waals surface area contributed by atoms with Crippen molar-refractivity contribution in [2.45, 2.75) is 33.7 Å². The van der Waals surface area contributed by atoms with E-state index in [0.717, 1.165) is 16.3 Å². The molecule has 2 heterocycles. The second-order valence-electron chi connectivity index (χ2n) is 6.27. The lowest BCUT2D eigenvalue weighted by atomic mass is 9.80. The fourth-order valence-electron chi connectivity index (χ4n) is 2.35. The van der Waals surface area contributed by atoms with Crippen LogP contribution in [-0.2, 0) is 11.3 Å². The Morgan fingerprint density at radius 1 is 1.45 bits per heavy atom. The summed E-state index contributed by atoms with van der Waals surface area (Å²) < 4.78 is 0. The van der Waals surface area contributed by atoms with Crippen molar-refractivity contribution < 1.29 is 9.90 Å². The highest BCUT2D eigenvalue weighted by Gasteiger charge is 2.36. The zero-order valence-electron chi connectivity index (χ0n) is 12.3. The Kier molecular flexibility index (Phi) is 4.52. The first-order valence-electron chi connectivity index (χ1n) is 6.86. The molecule has 1 saturated heterocycles. The van der Waals surface area contributed by atoms with Gasteiger partial charge in [0.05, 0.1) is 11.4 Å². The number of amides is 1. The molecular formula is C16H21NO2S. The minimum Gasteiger partial charge on any atom is -0.384 e. The van der Waals surface area contributed by atoms with Crippen LogP contribution in [0.1, 0.15) is 36.9 Å². The van der Waals surface area contributed by atoms with Crippen molar-refractivity contribution in [1.29, 1.82) is 0 Å². The minimum atomic E-state index is -0.120. The maximum absolute atomic E-state index is 12.1. The second-order valence-corrected chi connectivity index (χ2v) is 7.44. The lowest BCUT2D eigenvalue weighted by Crippen LogP contribution is -2.27. The molecule has 1 amide bonds. The van der Waals surface area contributed by atoms with Gasteiger partial charge in [0.2, 0.25) is 5.91 Å².